The van der Waals surface area contributed by atoms with Gasteiger partial charge in [0, 0.05) is 40.1 Å². The van der Waals surface area contributed by atoms with Crippen LogP contribution in [0.2, 0.25) is 0 Å². The van der Waals surface area contributed by atoms with Crippen molar-refractivity contribution < 1.29 is 4.57 Å². The molecule has 0 spiro atoms. The Morgan fingerprint density at radius 2 is 1.33 bits per heavy atom. The van der Waals surface area contributed by atoms with Crippen LogP contribution in [-0.2, 0) is 9.98 Å². The molecular formula is C24H26NOP. The van der Waals surface area contributed by atoms with Crippen molar-refractivity contribution in [2.45, 2.75) is 32.2 Å². The highest BCUT2D eigenvalue weighted by atomic mass is 31.2. The molecular weight excluding hydrogens is 349 g/mol. The predicted molar refractivity (Wildman–Crippen MR) is 117 cm³/mol. The van der Waals surface area contributed by atoms with Crippen LogP contribution in [0.4, 0.5) is 5.69 Å². The van der Waals surface area contributed by atoms with Crippen LogP contribution in [0.15, 0.2) is 78.9 Å². The zero-order valence-corrected chi connectivity index (χ0v) is 17.3. The van der Waals surface area contributed by atoms with E-state index in [-0.39, 0.29) is 5.41 Å². The number of likely N-dealkylation sites (N-methyl/N-ethyl adjacent to an activating group) is 1. The largest absolute Gasteiger partial charge is 0.371 e. The minimum Gasteiger partial charge on any atom is -0.371 e. The molecule has 0 saturated carbocycles. The van der Waals surface area contributed by atoms with Crippen molar-refractivity contribution in [1.29, 1.82) is 0 Å². The van der Waals surface area contributed by atoms with Crippen LogP contribution in [0.5, 0.6) is 0 Å². The van der Waals surface area contributed by atoms with Gasteiger partial charge in [0.15, 0.2) is 7.14 Å². The summed E-state index contributed by atoms with van der Waals surface area (Å²) in [4.78, 5) is 2.33. The van der Waals surface area contributed by atoms with E-state index in [0.29, 0.717) is 6.04 Å². The zero-order valence-electron chi connectivity index (χ0n) is 16.4. The average molecular weight is 375 g/mol. The van der Waals surface area contributed by atoms with E-state index in [1.807, 2.05) is 60.7 Å². The van der Waals surface area contributed by atoms with Crippen molar-refractivity contribution in [1.82, 2.24) is 0 Å². The molecule has 0 fully saturated rings. The topological polar surface area (TPSA) is 20.3 Å². The summed E-state index contributed by atoms with van der Waals surface area (Å²) in [5, 5.41) is 2.68. The third kappa shape index (κ3) is 2.66. The second kappa shape index (κ2) is 6.39. The van der Waals surface area contributed by atoms with E-state index in [1.165, 1.54) is 11.3 Å². The molecule has 3 aromatic carbocycles. The summed E-state index contributed by atoms with van der Waals surface area (Å²) in [6, 6.07) is 26.6. The first-order valence-corrected chi connectivity index (χ1v) is 11.2. The van der Waals surface area contributed by atoms with Gasteiger partial charge in [-0.2, -0.15) is 0 Å². The molecule has 138 valence electrons. The molecule has 1 aliphatic rings. The smallest absolute Gasteiger partial charge is 0.171 e. The lowest BCUT2D eigenvalue weighted by Gasteiger charge is -2.28. The Balaban J connectivity index is 1.97. The highest BCUT2D eigenvalue weighted by Gasteiger charge is 2.41. The Labute approximate surface area is 162 Å². The van der Waals surface area contributed by atoms with Gasteiger partial charge in [0.05, 0.1) is 0 Å². The number of hydrogen-bond donors (Lipinski definition) is 0. The lowest BCUT2D eigenvalue weighted by molar-refractivity contribution is 0.454. The van der Waals surface area contributed by atoms with E-state index in [4.69, 9.17) is 0 Å². The van der Waals surface area contributed by atoms with Crippen LogP contribution in [0.3, 0.4) is 0 Å². The molecule has 2 nitrogen and oxygen atoms in total. The summed E-state index contributed by atoms with van der Waals surface area (Å²) in [6.45, 7) is 6.81. The molecule has 0 radical (unpaired) electrons. The number of fused-ring (bicyclic) bond motifs is 1. The summed E-state index contributed by atoms with van der Waals surface area (Å²) >= 11 is 0. The average Bonchev–Trinajstić information content (AvgIpc) is 2.89. The van der Waals surface area contributed by atoms with Gasteiger partial charge in [0.2, 0.25) is 0 Å². The van der Waals surface area contributed by atoms with Crippen molar-refractivity contribution in [3.8, 4) is 0 Å². The second-order valence-electron chi connectivity index (χ2n) is 7.99. The quantitative estimate of drug-likeness (QED) is 0.631. The number of anilines is 1. The number of rotatable bonds is 3. The third-order valence-corrected chi connectivity index (χ3v) is 9.34. The maximum absolute atomic E-state index is 14.6. The Morgan fingerprint density at radius 1 is 0.815 bits per heavy atom. The normalized spacial score (nSPS) is 18.4. The molecule has 4 rings (SSSR count). The monoisotopic (exact) mass is 375 g/mol. The molecule has 0 aromatic heterocycles. The minimum absolute atomic E-state index is 0.0122. The SMILES string of the molecule is C[C@H]1N(C)c2ccc(P(=O)(c3ccccc3)c3ccccc3)cc2C1(C)C. The van der Waals surface area contributed by atoms with Crippen molar-refractivity contribution >= 4 is 28.7 Å². The third-order valence-electron chi connectivity index (χ3n) is 6.28. The fourth-order valence-corrected chi connectivity index (χ4v) is 6.86. The lowest BCUT2D eigenvalue weighted by atomic mass is 9.81. The standard InChI is InChI=1S/C24H26NOP/c1-18-24(2,3)22-17-21(15-16-23(22)25(18)4)27(26,19-11-7-5-8-12-19)20-13-9-6-10-14-20/h5-18H,1-4H3/t18-/m1/s1. The zero-order chi connectivity index (χ0) is 19.2. The van der Waals surface area contributed by atoms with Crippen molar-refractivity contribution in [2.75, 3.05) is 11.9 Å². The second-order valence-corrected chi connectivity index (χ2v) is 10.8. The van der Waals surface area contributed by atoms with E-state index >= 15 is 0 Å². The Hall–Kier alpha value is -2.31. The van der Waals surface area contributed by atoms with Gasteiger partial charge in [0.25, 0.3) is 0 Å². The summed E-state index contributed by atoms with van der Waals surface area (Å²) < 4.78 is 14.6. The maximum atomic E-state index is 14.6. The fourth-order valence-electron chi connectivity index (χ4n) is 4.18. The molecule has 1 atom stereocenters. The molecule has 0 unspecified atom stereocenters. The van der Waals surface area contributed by atoms with Crippen LogP contribution in [-0.4, -0.2) is 13.1 Å². The van der Waals surface area contributed by atoms with Crippen molar-refractivity contribution in [3.63, 3.8) is 0 Å². The van der Waals surface area contributed by atoms with Crippen molar-refractivity contribution in [2.24, 2.45) is 0 Å². The fraction of sp³-hybridized carbons (Fsp3) is 0.250. The minimum atomic E-state index is -2.92. The molecule has 3 heteroatoms. The molecule has 0 aliphatic carbocycles. The number of benzene rings is 3. The van der Waals surface area contributed by atoms with Crippen LogP contribution < -0.4 is 20.8 Å². The summed E-state index contributed by atoms with van der Waals surface area (Å²) in [6.07, 6.45) is 0. The van der Waals surface area contributed by atoms with E-state index in [0.717, 1.165) is 15.9 Å². The van der Waals surface area contributed by atoms with Gasteiger partial charge in [-0.05, 0) is 30.7 Å². The van der Waals surface area contributed by atoms with E-state index in [9.17, 15) is 4.57 Å². The maximum Gasteiger partial charge on any atom is 0.171 e. The summed E-state index contributed by atoms with van der Waals surface area (Å²) in [5.41, 5.74) is 2.53. The van der Waals surface area contributed by atoms with Crippen LogP contribution in [0.1, 0.15) is 26.3 Å². The predicted octanol–water partition coefficient (Wildman–Crippen LogP) is 4.44. The van der Waals surface area contributed by atoms with E-state index in [2.05, 4.69) is 50.9 Å². The Bertz CT molecular complexity index is 968. The van der Waals surface area contributed by atoms with Crippen LogP contribution >= 0.6 is 7.14 Å². The highest BCUT2D eigenvalue weighted by Crippen LogP contribution is 2.48. The molecule has 27 heavy (non-hydrogen) atoms. The molecule has 1 aliphatic heterocycles. The van der Waals surface area contributed by atoms with Gasteiger partial charge in [-0.1, -0.05) is 74.5 Å². The first-order valence-electron chi connectivity index (χ1n) is 9.46. The van der Waals surface area contributed by atoms with Crippen LogP contribution in [0.25, 0.3) is 0 Å². The molecule has 0 bridgehead atoms. The van der Waals surface area contributed by atoms with Gasteiger partial charge in [-0.3, -0.25) is 0 Å². The molecule has 1 heterocycles. The number of hydrogen-bond acceptors (Lipinski definition) is 2. The van der Waals surface area contributed by atoms with Gasteiger partial charge in [0.1, 0.15) is 0 Å². The van der Waals surface area contributed by atoms with E-state index < -0.39 is 7.14 Å². The van der Waals surface area contributed by atoms with Crippen molar-refractivity contribution in [3.05, 3.63) is 84.4 Å². The first kappa shape index (κ1) is 18.1. The first-order chi connectivity index (χ1) is 12.9. The van der Waals surface area contributed by atoms with Gasteiger partial charge in [-0.25, -0.2) is 0 Å². The lowest BCUT2D eigenvalue weighted by Crippen LogP contribution is -2.36. The molecule has 0 amide bonds. The molecule has 0 saturated heterocycles. The van der Waals surface area contributed by atoms with Gasteiger partial charge >= 0.3 is 0 Å². The van der Waals surface area contributed by atoms with E-state index in [1.54, 1.807) is 0 Å². The summed E-state index contributed by atoms with van der Waals surface area (Å²) in [7, 11) is -0.778. The Kier molecular flexibility index (Phi) is 4.28. The highest BCUT2D eigenvalue weighted by molar-refractivity contribution is 7.85. The van der Waals surface area contributed by atoms with Gasteiger partial charge < -0.3 is 9.46 Å². The van der Waals surface area contributed by atoms with Gasteiger partial charge in [-0.15, -0.1) is 0 Å². The molecule has 0 N–H and O–H groups in total. The van der Waals surface area contributed by atoms with Crippen LogP contribution in [0, 0.1) is 0 Å². The Morgan fingerprint density at radius 3 is 1.85 bits per heavy atom. The summed E-state index contributed by atoms with van der Waals surface area (Å²) in [5.74, 6) is 0. The molecule has 3 aromatic rings. The number of nitrogens with zero attached hydrogens (tertiary/aromatic N) is 1.